The van der Waals surface area contributed by atoms with E-state index >= 15 is 0 Å². The maximum Gasteiger partial charge on any atom is 0.273 e. The van der Waals surface area contributed by atoms with Gasteiger partial charge in [0.15, 0.2) is 0 Å². The molecule has 0 saturated carbocycles. The SMILES string of the molecule is COc1ccc(CON=CC2(O)C(C(=O)N(C)C)=CC=CN2Cc2ccc([N+](=O)[O-])cc2O)cc1.Cl. The molecule has 0 fully saturated rings. The minimum absolute atomic E-state index is 0. The number of phenolic OH excluding ortho intramolecular Hbond substituents is 1. The third-order valence-electron chi connectivity index (χ3n) is 5.32. The van der Waals surface area contributed by atoms with Gasteiger partial charge in [0.25, 0.3) is 11.6 Å². The number of methoxy groups -OCH3 is 1. The van der Waals surface area contributed by atoms with E-state index in [9.17, 15) is 25.1 Å². The van der Waals surface area contributed by atoms with Crippen molar-refractivity contribution in [3.8, 4) is 11.5 Å². The highest BCUT2D eigenvalue weighted by Crippen LogP contribution is 2.31. The summed E-state index contributed by atoms with van der Waals surface area (Å²) in [6.45, 7) is 0.0234. The number of halogens is 1. The number of carbonyl (C=O) groups is 1. The number of aliphatic hydroxyl groups is 1. The van der Waals surface area contributed by atoms with Crippen LogP contribution in [0.25, 0.3) is 0 Å². The fraction of sp³-hybridized carbons (Fsp3) is 0.250. The van der Waals surface area contributed by atoms with Crippen LogP contribution in [0.2, 0.25) is 0 Å². The first-order chi connectivity index (χ1) is 16.7. The van der Waals surface area contributed by atoms with Gasteiger partial charge >= 0.3 is 0 Å². The Balaban J connectivity index is 0.00000456. The first-order valence-corrected chi connectivity index (χ1v) is 10.5. The molecular weight excluding hydrogens is 492 g/mol. The molecule has 0 bridgehead atoms. The second-order valence-corrected chi connectivity index (χ2v) is 7.90. The lowest BCUT2D eigenvalue weighted by Gasteiger charge is -2.39. The molecule has 0 saturated heterocycles. The van der Waals surface area contributed by atoms with Crippen LogP contribution in [-0.4, -0.2) is 64.0 Å². The van der Waals surface area contributed by atoms with E-state index < -0.39 is 16.6 Å². The average Bonchev–Trinajstić information content (AvgIpc) is 2.84. The molecule has 11 nitrogen and oxygen atoms in total. The number of rotatable bonds is 9. The van der Waals surface area contributed by atoms with E-state index in [1.807, 2.05) is 0 Å². The largest absolute Gasteiger partial charge is 0.507 e. The number of likely N-dealkylation sites (N-methyl/N-ethyl adjacent to an activating group) is 1. The van der Waals surface area contributed by atoms with Crippen LogP contribution in [0.3, 0.4) is 0 Å². The number of nitro groups is 1. The maximum absolute atomic E-state index is 12.8. The number of non-ortho nitro benzene ring substituents is 1. The lowest BCUT2D eigenvalue weighted by Crippen LogP contribution is -2.53. The van der Waals surface area contributed by atoms with Gasteiger partial charge in [-0.05, 0) is 35.9 Å². The van der Waals surface area contributed by atoms with Crippen molar-refractivity contribution in [2.24, 2.45) is 5.16 Å². The second kappa shape index (κ2) is 12.0. The number of carbonyl (C=O) groups excluding carboxylic acids is 1. The molecule has 0 aromatic heterocycles. The number of amides is 1. The Kier molecular flexibility index (Phi) is 9.42. The molecule has 2 N–H and O–H groups in total. The van der Waals surface area contributed by atoms with Crippen LogP contribution < -0.4 is 4.74 Å². The van der Waals surface area contributed by atoms with Crippen molar-refractivity contribution in [2.45, 2.75) is 18.9 Å². The minimum atomic E-state index is -2.02. The third-order valence-corrected chi connectivity index (χ3v) is 5.32. The Hall–Kier alpha value is -4.09. The number of benzene rings is 2. The highest BCUT2D eigenvalue weighted by atomic mass is 35.5. The second-order valence-electron chi connectivity index (χ2n) is 7.90. The molecule has 1 atom stereocenters. The third kappa shape index (κ3) is 6.32. The number of nitro benzene ring substituents is 1. The van der Waals surface area contributed by atoms with Gasteiger partial charge < -0.3 is 29.6 Å². The molecule has 36 heavy (non-hydrogen) atoms. The molecule has 1 aliphatic heterocycles. The highest BCUT2D eigenvalue weighted by molar-refractivity contribution is 6.00. The monoisotopic (exact) mass is 518 g/mol. The van der Waals surface area contributed by atoms with E-state index in [1.54, 1.807) is 51.5 Å². The Morgan fingerprint density at radius 3 is 2.53 bits per heavy atom. The molecule has 0 radical (unpaired) electrons. The van der Waals surface area contributed by atoms with Crippen molar-refractivity contribution in [1.82, 2.24) is 9.80 Å². The number of oxime groups is 1. The molecule has 0 aliphatic carbocycles. The fourth-order valence-corrected chi connectivity index (χ4v) is 3.35. The Bertz CT molecular complexity index is 1180. The van der Waals surface area contributed by atoms with E-state index in [0.717, 1.165) is 17.8 Å². The van der Waals surface area contributed by atoms with Crippen LogP contribution in [0, 0.1) is 10.1 Å². The number of ether oxygens (including phenoxy) is 1. The minimum Gasteiger partial charge on any atom is -0.507 e. The van der Waals surface area contributed by atoms with Crippen molar-refractivity contribution >= 4 is 30.2 Å². The van der Waals surface area contributed by atoms with E-state index in [0.29, 0.717) is 11.3 Å². The zero-order chi connectivity index (χ0) is 25.6. The van der Waals surface area contributed by atoms with E-state index in [-0.39, 0.29) is 42.6 Å². The van der Waals surface area contributed by atoms with Crippen molar-refractivity contribution in [1.29, 1.82) is 0 Å². The molecule has 1 aliphatic rings. The fourth-order valence-electron chi connectivity index (χ4n) is 3.35. The van der Waals surface area contributed by atoms with E-state index in [4.69, 9.17) is 9.57 Å². The van der Waals surface area contributed by atoms with Crippen LogP contribution in [0.1, 0.15) is 11.1 Å². The lowest BCUT2D eigenvalue weighted by molar-refractivity contribution is -0.384. The van der Waals surface area contributed by atoms with Crippen molar-refractivity contribution in [2.75, 3.05) is 21.2 Å². The predicted octanol–water partition coefficient (Wildman–Crippen LogP) is 2.97. The molecule has 3 rings (SSSR count). The van der Waals surface area contributed by atoms with Gasteiger partial charge in [-0.15, -0.1) is 12.4 Å². The summed E-state index contributed by atoms with van der Waals surface area (Å²) in [5.41, 5.74) is -1.18. The standard InChI is InChI=1S/C24H26N4O7.ClH/c1-26(2)23(30)21-5-4-12-27(14-18-8-9-19(28(32)33)13-22(18)29)24(21,31)16-25-35-15-17-6-10-20(34-3)11-7-17;/h4-13,16,29,31H,14-15H2,1-3H3;1H. The average molecular weight is 519 g/mol. The summed E-state index contributed by atoms with van der Waals surface area (Å²) in [5.74, 6) is -0.0864. The summed E-state index contributed by atoms with van der Waals surface area (Å²) < 4.78 is 5.12. The Morgan fingerprint density at radius 2 is 1.94 bits per heavy atom. The smallest absolute Gasteiger partial charge is 0.273 e. The molecular formula is C24H27ClN4O7. The number of hydrogen-bond acceptors (Lipinski definition) is 9. The van der Waals surface area contributed by atoms with Crippen LogP contribution in [0.4, 0.5) is 5.69 Å². The molecule has 1 heterocycles. The Labute approximate surface area is 214 Å². The maximum atomic E-state index is 12.8. The van der Waals surface area contributed by atoms with Crippen molar-refractivity contribution in [3.63, 3.8) is 0 Å². The van der Waals surface area contributed by atoms with Gasteiger partial charge in [0.1, 0.15) is 24.3 Å². The number of aromatic hydroxyl groups is 1. The van der Waals surface area contributed by atoms with Crippen molar-refractivity contribution in [3.05, 3.63) is 87.6 Å². The highest BCUT2D eigenvalue weighted by Gasteiger charge is 2.42. The van der Waals surface area contributed by atoms with Gasteiger partial charge in [0, 0.05) is 38.5 Å². The molecule has 1 amide bonds. The topological polar surface area (TPSA) is 138 Å². The quantitative estimate of drug-likeness (QED) is 0.293. The molecule has 192 valence electrons. The van der Waals surface area contributed by atoms with Gasteiger partial charge in [-0.3, -0.25) is 14.9 Å². The molecule has 12 heteroatoms. The molecule has 0 spiro atoms. The summed E-state index contributed by atoms with van der Waals surface area (Å²) in [5, 5.41) is 36.8. The number of nitrogens with zero attached hydrogens (tertiary/aromatic N) is 4. The first kappa shape index (κ1) is 28.1. The zero-order valence-electron chi connectivity index (χ0n) is 19.9. The summed E-state index contributed by atoms with van der Waals surface area (Å²) in [4.78, 5) is 31.2. The van der Waals surface area contributed by atoms with Gasteiger partial charge in [0.2, 0.25) is 5.72 Å². The summed E-state index contributed by atoms with van der Waals surface area (Å²) in [7, 11) is 4.66. The molecule has 1 unspecified atom stereocenters. The van der Waals surface area contributed by atoms with Crippen LogP contribution >= 0.6 is 12.4 Å². The van der Waals surface area contributed by atoms with Crippen molar-refractivity contribution < 1.29 is 29.5 Å². The van der Waals surface area contributed by atoms with Gasteiger partial charge in [-0.2, -0.15) is 0 Å². The number of phenols is 1. The molecule has 2 aromatic rings. The zero-order valence-corrected chi connectivity index (χ0v) is 20.7. The van der Waals surface area contributed by atoms with Gasteiger partial charge in [-0.1, -0.05) is 17.3 Å². The van der Waals surface area contributed by atoms with Crippen LogP contribution in [0.15, 0.2) is 71.5 Å². The number of hydrogen-bond donors (Lipinski definition) is 2. The predicted molar refractivity (Wildman–Crippen MR) is 135 cm³/mol. The van der Waals surface area contributed by atoms with E-state index in [2.05, 4.69) is 5.16 Å². The van der Waals surface area contributed by atoms with Crippen LogP contribution in [-0.2, 0) is 22.8 Å². The van der Waals surface area contributed by atoms with Crippen LogP contribution in [0.5, 0.6) is 11.5 Å². The summed E-state index contributed by atoms with van der Waals surface area (Å²) >= 11 is 0. The molecule has 2 aromatic carbocycles. The lowest BCUT2D eigenvalue weighted by atomic mass is 9.97. The Morgan fingerprint density at radius 1 is 1.25 bits per heavy atom. The normalized spacial score (nSPS) is 16.8. The van der Waals surface area contributed by atoms with Gasteiger partial charge in [0.05, 0.1) is 23.7 Å². The van der Waals surface area contributed by atoms with E-state index in [1.165, 1.54) is 34.2 Å². The van der Waals surface area contributed by atoms with Gasteiger partial charge in [-0.25, -0.2) is 0 Å². The summed E-state index contributed by atoms with van der Waals surface area (Å²) in [6.07, 6.45) is 5.64. The summed E-state index contributed by atoms with van der Waals surface area (Å²) in [6, 6.07) is 10.8. The number of allylic oxidation sites excluding steroid dienone is 2. The first-order valence-electron chi connectivity index (χ1n) is 10.5.